The van der Waals surface area contributed by atoms with E-state index in [1.54, 1.807) is 0 Å². The van der Waals surface area contributed by atoms with Crippen molar-refractivity contribution in [1.82, 2.24) is 10.2 Å². The number of urea groups is 1. The lowest BCUT2D eigenvalue weighted by molar-refractivity contribution is 0.197. The maximum Gasteiger partial charge on any atom is 0.318 e. The number of hydrogen-bond acceptors (Lipinski definition) is 1. The van der Waals surface area contributed by atoms with Crippen molar-refractivity contribution >= 4 is 17.6 Å². The van der Waals surface area contributed by atoms with Gasteiger partial charge in [0.2, 0.25) is 0 Å². The van der Waals surface area contributed by atoms with Crippen molar-refractivity contribution in [3.63, 3.8) is 0 Å². The lowest BCUT2D eigenvalue weighted by Crippen LogP contribution is -2.47. The first kappa shape index (κ1) is 13.2. The molecular weight excluding hydrogens is 248 g/mol. The van der Waals surface area contributed by atoms with E-state index in [1.165, 1.54) is 0 Å². The summed E-state index contributed by atoms with van der Waals surface area (Å²) >= 11 is 5.88. The second-order valence-corrected chi connectivity index (χ2v) is 5.69. The average molecular weight is 267 g/mol. The molecule has 1 aromatic carbocycles. The summed E-state index contributed by atoms with van der Waals surface area (Å²) in [5.41, 5.74) is 0.670. The highest BCUT2D eigenvalue weighted by Crippen LogP contribution is 2.22. The summed E-state index contributed by atoms with van der Waals surface area (Å²) in [6.45, 7) is 5.74. The minimum atomic E-state index is -0.385. The predicted octanol–water partition coefficient (Wildman–Crippen LogP) is 3.38. The molecule has 1 saturated heterocycles. The first-order chi connectivity index (χ1) is 8.49. The van der Waals surface area contributed by atoms with E-state index in [1.807, 2.05) is 43.0 Å². The third kappa shape index (κ3) is 2.96. The van der Waals surface area contributed by atoms with Crippen LogP contribution in [0.15, 0.2) is 24.3 Å². The van der Waals surface area contributed by atoms with Crippen LogP contribution in [0.3, 0.4) is 0 Å². The average Bonchev–Trinajstić information content (AvgIpc) is 2.82. The van der Waals surface area contributed by atoms with E-state index < -0.39 is 0 Å². The summed E-state index contributed by atoms with van der Waals surface area (Å²) in [5, 5.41) is 3.79. The number of carbonyl (C=O) groups is 1. The Labute approximate surface area is 113 Å². The molecular formula is C14H19ClN2O. The molecule has 1 aromatic rings. The van der Waals surface area contributed by atoms with E-state index in [9.17, 15) is 4.79 Å². The van der Waals surface area contributed by atoms with Gasteiger partial charge in [-0.25, -0.2) is 4.79 Å². The summed E-state index contributed by atoms with van der Waals surface area (Å²) < 4.78 is 0. The second-order valence-electron chi connectivity index (χ2n) is 5.26. The lowest BCUT2D eigenvalue weighted by Gasteiger charge is -2.29. The number of nitrogens with zero attached hydrogens (tertiary/aromatic N) is 1. The molecule has 0 atom stereocenters. The van der Waals surface area contributed by atoms with Crippen LogP contribution in [0.4, 0.5) is 4.79 Å². The van der Waals surface area contributed by atoms with Crippen LogP contribution >= 0.6 is 11.6 Å². The van der Waals surface area contributed by atoms with Crippen molar-refractivity contribution in [3.8, 4) is 0 Å². The highest BCUT2D eigenvalue weighted by atomic mass is 35.5. The Morgan fingerprint density at radius 1 is 1.22 bits per heavy atom. The fourth-order valence-electron chi connectivity index (χ4n) is 2.21. The number of carbonyl (C=O) groups excluding carboxylic acids is 1. The van der Waals surface area contributed by atoms with Gasteiger partial charge in [-0.15, -0.1) is 0 Å². The summed E-state index contributed by atoms with van der Waals surface area (Å²) in [7, 11) is 0. The molecule has 1 N–H and O–H groups in total. The SMILES string of the molecule is CC(C)(NC(=O)N1CCCC1)c1ccc(Cl)cc1. The minimum Gasteiger partial charge on any atom is -0.329 e. The predicted molar refractivity (Wildman–Crippen MR) is 73.8 cm³/mol. The van der Waals surface area contributed by atoms with Gasteiger partial charge in [0.05, 0.1) is 5.54 Å². The fourth-order valence-corrected chi connectivity index (χ4v) is 2.33. The molecule has 98 valence electrons. The molecule has 0 aliphatic carbocycles. The molecule has 1 heterocycles. The number of nitrogens with one attached hydrogen (secondary N) is 1. The molecule has 3 nitrogen and oxygen atoms in total. The van der Waals surface area contributed by atoms with Gasteiger partial charge in [0.25, 0.3) is 0 Å². The van der Waals surface area contributed by atoms with E-state index in [-0.39, 0.29) is 11.6 Å². The fraction of sp³-hybridized carbons (Fsp3) is 0.500. The van der Waals surface area contributed by atoms with Gasteiger partial charge in [-0.3, -0.25) is 0 Å². The Hall–Kier alpha value is -1.22. The van der Waals surface area contributed by atoms with Crippen molar-refractivity contribution < 1.29 is 4.79 Å². The Kier molecular flexibility index (Phi) is 3.81. The largest absolute Gasteiger partial charge is 0.329 e. The lowest BCUT2D eigenvalue weighted by atomic mass is 9.94. The van der Waals surface area contributed by atoms with Crippen LogP contribution in [0, 0.1) is 0 Å². The molecule has 1 aliphatic rings. The van der Waals surface area contributed by atoms with Gasteiger partial charge in [0.15, 0.2) is 0 Å². The molecule has 18 heavy (non-hydrogen) atoms. The highest BCUT2D eigenvalue weighted by molar-refractivity contribution is 6.30. The molecule has 0 radical (unpaired) electrons. The number of halogens is 1. The van der Waals surface area contributed by atoms with Crippen LogP contribution in [0.5, 0.6) is 0 Å². The van der Waals surface area contributed by atoms with Crippen LogP contribution in [-0.4, -0.2) is 24.0 Å². The van der Waals surface area contributed by atoms with Crippen LogP contribution in [0.2, 0.25) is 5.02 Å². The van der Waals surface area contributed by atoms with E-state index in [4.69, 9.17) is 11.6 Å². The van der Waals surface area contributed by atoms with Gasteiger partial charge in [-0.1, -0.05) is 23.7 Å². The maximum absolute atomic E-state index is 12.1. The van der Waals surface area contributed by atoms with Gasteiger partial charge in [-0.05, 0) is 44.4 Å². The number of amides is 2. The van der Waals surface area contributed by atoms with Crippen LogP contribution in [-0.2, 0) is 5.54 Å². The molecule has 0 unspecified atom stereocenters. The number of likely N-dealkylation sites (tertiary alicyclic amines) is 1. The Balaban J connectivity index is 2.06. The summed E-state index contributed by atoms with van der Waals surface area (Å²) in [6, 6.07) is 7.62. The van der Waals surface area contributed by atoms with Gasteiger partial charge in [-0.2, -0.15) is 0 Å². The Morgan fingerprint density at radius 3 is 2.33 bits per heavy atom. The number of benzene rings is 1. The normalized spacial score (nSPS) is 15.8. The zero-order valence-corrected chi connectivity index (χ0v) is 11.6. The van der Waals surface area contributed by atoms with Crippen molar-refractivity contribution in [2.24, 2.45) is 0 Å². The first-order valence-electron chi connectivity index (χ1n) is 6.32. The molecule has 2 amide bonds. The van der Waals surface area contributed by atoms with E-state index in [0.717, 1.165) is 31.5 Å². The summed E-state index contributed by atoms with van der Waals surface area (Å²) in [6.07, 6.45) is 2.21. The Morgan fingerprint density at radius 2 is 1.78 bits per heavy atom. The molecule has 0 spiro atoms. The van der Waals surface area contributed by atoms with Crippen molar-refractivity contribution in [3.05, 3.63) is 34.9 Å². The van der Waals surface area contributed by atoms with Crippen molar-refractivity contribution in [2.45, 2.75) is 32.2 Å². The molecule has 1 fully saturated rings. The smallest absolute Gasteiger partial charge is 0.318 e. The van der Waals surface area contributed by atoms with Crippen LogP contribution in [0.25, 0.3) is 0 Å². The van der Waals surface area contributed by atoms with Crippen LogP contribution < -0.4 is 5.32 Å². The van der Waals surface area contributed by atoms with E-state index in [0.29, 0.717) is 5.02 Å². The van der Waals surface area contributed by atoms with Crippen LogP contribution in [0.1, 0.15) is 32.3 Å². The standard InChI is InChI=1S/C14H19ClN2O/c1-14(2,11-5-7-12(15)8-6-11)16-13(18)17-9-3-4-10-17/h5-8H,3-4,9-10H2,1-2H3,(H,16,18). The minimum absolute atomic E-state index is 0.0208. The van der Waals surface area contributed by atoms with E-state index in [2.05, 4.69) is 5.32 Å². The van der Waals surface area contributed by atoms with Gasteiger partial charge >= 0.3 is 6.03 Å². The van der Waals surface area contributed by atoms with Gasteiger partial charge < -0.3 is 10.2 Å². The number of hydrogen-bond donors (Lipinski definition) is 1. The third-order valence-electron chi connectivity index (χ3n) is 3.38. The van der Waals surface area contributed by atoms with E-state index >= 15 is 0 Å². The number of rotatable bonds is 2. The highest BCUT2D eigenvalue weighted by Gasteiger charge is 2.26. The second kappa shape index (κ2) is 5.19. The quantitative estimate of drug-likeness (QED) is 0.874. The topological polar surface area (TPSA) is 32.3 Å². The summed E-state index contributed by atoms with van der Waals surface area (Å²) in [5.74, 6) is 0. The Bertz CT molecular complexity index is 422. The summed E-state index contributed by atoms with van der Waals surface area (Å²) in [4.78, 5) is 14.0. The molecule has 4 heteroatoms. The zero-order chi connectivity index (χ0) is 13.2. The third-order valence-corrected chi connectivity index (χ3v) is 3.63. The van der Waals surface area contributed by atoms with Gasteiger partial charge in [0.1, 0.15) is 0 Å². The molecule has 1 aliphatic heterocycles. The van der Waals surface area contributed by atoms with Crippen molar-refractivity contribution in [1.29, 1.82) is 0 Å². The first-order valence-corrected chi connectivity index (χ1v) is 6.70. The van der Waals surface area contributed by atoms with Crippen molar-refractivity contribution in [2.75, 3.05) is 13.1 Å². The molecule has 2 rings (SSSR count). The maximum atomic E-state index is 12.1. The molecule has 0 bridgehead atoms. The molecule has 0 saturated carbocycles. The molecule has 0 aromatic heterocycles. The zero-order valence-electron chi connectivity index (χ0n) is 10.9. The monoisotopic (exact) mass is 266 g/mol. The van der Waals surface area contributed by atoms with Gasteiger partial charge in [0, 0.05) is 18.1 Å².